The molecule has 0 amide bonds. The maximum absolute atomic E-state index is 11.7. The van der Waals surface area contributed by atoms with Crippen LogP contribution in [0.3, 0.4) is 0 Å². The molecule has 6 heteroatoms. The van der Waals surface area contributed by atoms with E-state index in [2.05, 4.69) is 10.1 Å². The van der Waals surface area contributed by atoms with Gasteiger partial charge in [-0.15, -0.1) is 0 Å². The molecule has 0 aromatic carbocycles. The first kappa shape index (κ1) is 8.45. The quantitative estimate of drug-likeness (QED) is 0.652. The molecule has 0 aliphatic carbocycles. The average Bonchev–Trinajstić information content (AvgIpc) is 2.31. The number of nitrogens with zero attached hydrogens (tertiary/aromatic N) is 3. The second kappa shape index (κ2) is 3.66. The molecule has 0 fully saturated rings. The van der Waals surface area contributed by atoms with Crippen molar-refractivity contribution >= 4 is 11.8 Å². The minimum absolute atomic E-state index is 0.230. The van der Waals surface area contributed by atoms with Crippen LogP contribution < -0.4 is 0 Å². The third-order valence-electron chi connectivity index (χ3n) is 1.01. The number of thioether (sulfide) groups is 1. The topological polar surface area (TPSA) is 30.7 Å². The molecule has 62 valence electrons. The smallest absolute Gasteiger partial charge is 0.244 e. The van der Waals surface area contributed by atoms with Crippen LogP contribution in [0, 0.1) is 0 Å². The van der Waals surface area contributed by atoms with Crippen molar-refractivity contribution in [1.29, 1.82) is 0 Å². The highest BCUT2D eigenvalue weighted by Gasteiger charge is 2.06. The lowest BCUT2D eigenvalue weighted by molar-refractivity contribution is 0.176. The third kappa shape index (κ3) is 2.45. The standard InChI is InChI=1S/C5H7F2N3S/c1-10-5(8-3-9-10)11-2-4(6)7/h3-4H,2H2,1H3. The van der Waals surface area contributed by atoms with Crippen LogP contribution in [0.5, 0.6) is 0 Å². The van der Waals surface area contributed by atoms with Crippen molar-refractivity contribution in [2.24, 2.45) is 7.05 Å². The van der Waals surface area contributed by atoms with Crippen molar-refractivity contribution in [2.75, 3.05) is 5.75 Å². The Balaban J connectivity index is 2.44. The molecule has 1 heterocycles. The van der Waals surface area contributed by atoms with Gasteiger partial charge in [-0.3, -0.25) is 0 Å². The Bertz CT molecular complexity index is 225. The Morgan fingerprint density at radius 3 is 2.91 bits per heavy atom. The van der Waals surface area contributed by atoms with Gasteiger partial charge in [-0.2, -0.15) is 5.10 Å². The molecule has 0 saturated carbocycles. The second-order valence-corrected chi connectivity index (χ2v) is 2.86. The van der Waals surface area contributed by atoms with E-state index in [-0.39, 0.29) is 5.75 Å². The van der Waals surface area contributed by atoms with Crippen molar-refractivity contribution in [1.82, 2.24) is 14.8 Å². The molecule has 1 aromatic rings. The summed E-state index contributed by atoms with van der Waals surface area (Å²) in [6, 6.07) is 0. The van der Waals surface area contributed by atoms with Gasteiger partial charge < -0.3 is 0 Å². The maximum atomic E-state index is 11.7. The Hall–Kier alpha value is -0.650. The highest BCUT2D eigenvalue weighted by atomic mass is 32.2. The van der Waals surface area contributed by atoms with E-state index in [4.69, 9.17) is 0 Å². The largest absolute Gasteiger partial charge is 0.248 e. The Morgan fingerprint density at radius 1 is 1.73 bits per heavy atom. The van der Waals surface area contributed by atoms with Crippen molar-refractivity contribution in [2.45, 2.75) is 11.6 Å². The van der Waals surface area contributed by atoms with Crippen molar-refractivity contribution in [3.8, 4) is 0 Å². The van der Waals surface area contributed by atoms with Gasteiger partial charge in [0.25, 0.3) is 0 Å². The van der Waals surface area contributed by atoms with E-state index in [1.165, 1.54) is 11.0 Å². The van der Waals surface area contributed by atoms with Crippen molar-refractivity contribution in [3.63, 3.8) is 0 Å². The van der Waals surface area contributed by atoms with Crippen LogP contribution >= 0.6 is 11.8 Å². The summed E-state index contributed by atoms with van der Waals surface area (Å²) < 4.78 is 24.8. The summed E-state index contributed by atoms with van der Waals surface area (Å²) in [4.78, 5) is 3.77. The Labute approximate surface area is 66.8 Å². The van der Waals surface area contributed by atoms with Crippen molar-refractivity contribution in [3.05, 3.63) is 6.33 Å². The second-order valence-electron chi connectivity index (χ2n) is 1.87. The summed E-state index contributed by atoms with van der Waals surface area (Å²) in [5.41, 5.74) is 0. The predicted molar refractivity (Wildman–Crippen MR) is 37.7 cm³/mol. The minimum Gasteiger partial charge on any atom is -0.244 e. The maximum Gasteiger partial charge on any atom is 0.248 e. The number of hydrogen-bond acceptors (Lipinski definition) is 3. The summed E-state index contributed by atoms with van der Waals surface area (Å²) >= 11 is 1.00. The van der Waals surface area contributed by atoms with Gasteiger partial charge in [0.05, 0.1) is 5.75 Å². The molecule has 11 heavy (non-hydrogen) atoms. The van der Waals surface area contributed by atoms with Crippen LogP contribution in [0.25, 0.3) is 0 Å². The minimum atomic E-state index is -2.29. The Morgan fingerprint density at radius 2 is 2.45 bits per heavy atom. The van der Waals surface area contributed by atoms with Crippen LogP contribution in [0.15, 0.2) is 11.5 Å². The van der Waals surface area contributed by atoms with Gasteiger partial charge in [0, 0.05) is 7.05 Å². The summed E-state index contributed by atoms with van der Waals surface area (Å²) in [5, 5.41) is 4.25. The van der Waals surface area contributed by atoms with E-state index in [9.17, 15) is 8.78 Å². The lowest BCUT2D eigenvalue weighted by Crippen LogP contribution is -1.98. The molecule has 0 unspecified atom stereocenters. The van der Waals surface area contributed by atoms with E-state index >= 15 is 0 Å². The third-order valence-corrected chi connectivity index (χ3v) is 2.05. The van der Waals surface area contributed by atoms with Crippen LogP contribution in [-0.4, -0.2) is 26.9 Å². The summed E-state index contributed by atoms with van der Waals surface area (Å²) in [7, 11) is 1.67. The summed E-state index contributed by atoms with van der Waals surface area (Å²) in [6.45, 7) is 0. The molecule has 0 bridgehead atoms. The van der Waals surface area contributed by atoms with E-state index in [0.717, 1.165) is 11.8 Å². The lowest BCUT2D eigenvalue weighted by atomic mass is 10.9. The van der Waals surface area contributed by atoms with Gasteiger partial charge in [-0.1, -0.05) is 11.8 Å². The Kier molecular flexibility index (Phi) is 2.81. The summed E-state index contributed by atoms with van der Waals surface area (Å²) in [5.74, 6) is -0.230. The van der Waals surface area contributed by atoms with E-state index in [0.29, 0.717) is 5.16 Å². The van der Waals surface area contributed by atoms with Gasteiger partial charge in [0.1, 0.15) is 6.33 Å². The van der Waals surface area contributed by atoms with Gasteiger partial charge in [-0.25, -0.2) is 18.4 Å². The van der Waals surface area contributed by atoms with Crippen molar-refractivity contribution < 1.29 is 8.78 Å². The molecule has 1 rings (SSSR count). The molecule has 0 spiro atoms. The zero-order valence-electron chi connectivity index (χ0n) is 5.87. The lowest BCUT2D eigenvalue weighted by Gasteiger charge is -1.97. The summed E-state index contributed by atoms with van der Waals surface area (Å²) in [6.07, 6.45) is -0.954. The molecule has 0 radical (unpaired) electrons. The zero-order chi connectivity index (χ0) is 8.27. The number of aryl methyl sites for hydroxylation is 1. The van der Waals surface area contributed by atoms with Crippen LogP contribution in [-0.2, 0) is 7.05 Å². The normalized spacial score (nSPS) is 10.9. The SMILES string of the molecule is Cn1ncnc1SCC(F)F. The number of rotatable bonds is 3. The average molecular weight is 179 g/mol. The molecule has 0 saturated heterocycles. The first-order chi connectivity index (χ1) is 5.20. The van der Waals surface area contributed by atoms with Gasteiger partial charge in [-0.05, 0) is 0 Å². The first-order valence-electron chi connectivity index (χ1n) is 2.95. The zero-order valence-corrected chi connectivity index (χ0v) is 6.68. The van der Waals surface area contributed by atoms with E-state index in [1.54, 1.807) is 7.05 Å². The van der Waals surface area contributed by atoms with Gasteiger partial charge in [0.2, 0.25) is 6.43 Å². The molecule has 0 aliphatic rings. The molecule has 0 N–H and O–H groups in total. The van der Waals surface area contributed by atoms with Crippen LogP contribution in [0.2, 0.25) is 0 Å². The van der Waals surface area contributed by atoms with Crippen LogP contribution in [0.4, 0.5) is 8.78 Å². The van der Waals surface area contributed by atoms with E-state index < -0.39 is 6.43 Å². The molecule has 0 aliphatic heterocycles. The van der Waals surface area contributed by atoms with Crippen LogP contribution in [0.1, 0.15) is 0 Å². The fourth-order valence-electron chi connectivity index (χ4n) is 0.554. The molecular weight excluding hydrogens is 172 g/mol. The highest BCUT2D eigenvalue weighted by Crippen LogP contribution is 2.15. The molecule has 3 nitrogen and oxygen atoms in total. The predicted octanol–water partition coefficient (Wildman–Crippen LogP) is 1.17. The number of alkyl halides is 2. The fraction of sp³-hybridized carbons (Fsp3) is 0.600. The molecular formula is C5H7F2N3S. The van der Waals surface area contributed by atoms with Gasteiger partial charge in [0.15, 0.2) is 5.16 Å². The van der Waals surface area contributed by atoms with E-state index in [1.807, 2.05) is 0 Å². The number of halogens is 2. The molecule has 0 atom stereocenters. The first-order valence-corrected chi connectivity index (χ1v) is 3.93. The fourth-order valence-corrected chi connectivity index (χ4v) is 1.18. The number of aromatic nitrogens is 3. The monoisotopic (exact) mass is 179 g/mol. The number of hydrogen-bond donors (Lipinski definition) is 0. The molecule has 1 aromatic heterocycles. The highest BCUT2D eigenvalue weighted by molar-refractivity contribution is 7.99. The van der Waals surface area contributed by atoms with Gasteiger partial charge >= 0.3 is 0 Å².